The van der Waals surface area contributed by atoms with E-state index >= 15 is 0 Å². The number of carbonyl (C=O) groups excluding carboxylic acids is 1. The number of nitrogens with zero attached hydrogens (tertiary/aromatic N) is 2. The lowest BCUT2D eigenvalue weighted by molar-refractivity contribution is -0.137. The predicted octanol–water partition coefficient (Wildman–Crippen LogP) is 2.71. The van der Waals surface area contributed by atoms with Crippen molar-refractivity contribution in [2.24, 2.45) is 0 Å². The summed E-state index contributed by atoms with van der Waals surface area (Å²) in [5, 5.41) is 2.79. The number of carbonyl (C=O) groups is 1. The highest BCUT2D eigenvalue weighted by Crippen LogP contribution is 2.31. The lowest BCUT2D eigenvalue weighted by atomic mass is 9.86. The molecule has 8 heteroatoms. The molecular formula is C18H29N3O3S2. The van der Waals surface area contributed by atoms with Crippen LogP contribution < -0.4 is 4.72 Å². The maximum Gasteiger partial charge on any atom is 0.229 e. The molecule has 0 bridgehead atoms. The van der Waals surface area contributed by atoms with Crippen molar-refractivity contribution in [1.29, 1.82) is 0 Å². The average Bonchev–Trinajstić information content (AvgIpc) is 3.09. The molecule has 0 atom stereocenters. The summed E-state index contributed by atoms with van der Waals surface area (Å²) in [6.07, 6.45) is 12.5. The monoisotopic (exact) mass is 399 g/mol. The van der Waals surface area contributed by atoms with Crippen LogP contribution in [0.2, 0.25) is 0 Å². The first kappa shape index (κ1) is 19.8. The Morgan fingerprint density at radius 3 is 2.38 bits per heavy atom. The third-order valence-electron chi connectivity index (χ3n) is 5.51. The number of thiazole rings is 1. The summed E-state index contributed by atoms with van der Waals surface area (Å²) >= 11 is 1.53. The SMILES string of the molecule is CS(=O)(=O)NC1CCC(N(C(=O)Cc2nccs2)C2CCCCC2)CC1. The van der Waals surface area contributed by atoms with E-state index in [-0.39, 0.29) is 18.0 Å². The Labute approximate surface area is 160 Å². The highest BCUT2D eigenvalue weighted by Gasteiger charge is 2.34. The molecule has 0 saturated heterocycles. The Morgan fingerprint density at radius 2 is 1.81 bits per heavy atom. The lowest BCUT2D eigenvalue weighted by Crippen LogP contribution is -2.51. The molecule has 1 N–H and O–H groups in total. The Balaban J connectivity index is 1.66. The topological polar surface area (TPSA) is 79.4 Å². The van der Waals surface area contributed by atoms with Crippen LogP contribution in [-0.4, -0.2) is 48.6 Å². The van der Waals surface area contributed by atoms with Gasteiger partial charge in [-0.1, -0.05) is 19.3 Å². The second-order valence-corrected chi connectivity index (χ2v) is 10.4. The van der Waals surface area contributed by atoms with Crippen molar-refractivity contribution in [3.05, 3.63) is 16.6 Å². The molecule has 2 fully saturated rings. The van der Waals surface area contributed by atoms with E-state index in [2.05, 4.69) is 14.6 Å². The van der Waals surface area contributed by atoms with Crippen LogP contribution >= 0.6 is 11.3 Å². The molecule has 0 aromatic carbocycles. The summed E-state index contributed by atoms with van der Waals surface area (Å²) in [5.74, 6) is 0.186. The molecule has 26 heavy (non-hydrogen) atoms. The van der Waals surface area contributed by atoms with Crippen LogP contribution in [0.1, 0.15) is 62.8 Å². The van der Waals surface area contributed by atoms with Gasteiger partial charge in [0.2, 0.25) is 15.9 Å². The zero-order valence-electron chi connectivity index (χ0n) is 15.4. The molecule has 0 spiro atoms. The van der Waals surface area contributed by atoms with Crippen molar-refractivity contribution in [3.8, 4) is 0 Å². The van der Waals surface area contributed by atoms with Crippen molar-refractivity contribution in [2.45, 2.75) is 82.3 Å². The van der Waals surface area contributed by atoms with Crippen LogP contribution in [0.15, 0.2) is 11.6 Å². The van der Waals surface area contributed by atoms with Gasteiger partial charge in [0.1, 0.15) is 5.01 Å². The van der Waals surface area contributed by atoms with Gasteiger partial charge in [-0.05, 0) is 38.5 Å². The first-order chi connectivity index (χ1) is 12.4. The third-order valence-corrected chi connectivity index (χ3v) is 7.05. The summed E-state index contributed by atoms with van der Waals surface area (Å²) in [7, 11) is -3.17. The summed E-state index contributed by atoms with van der Waals surface area (Å²) in [5.41, 5.74) is 0. The van der Waals surface area contributed by atoms with E-state index < -0.39 is 10.0 Å². The Bertz CT molecular complexity index is 677. The van der Waals surface area contributed by atoms with Crippen LogP contribution in [0.4, 0.5) is 0 Å². The van der Waals surface area contributed by atoms with Crippen LogP contribution in [0, 0.1) is 0 Å². The number of aromatic nitrogens is 1. The van der Waals surface area contributed by atoms with Crippen molar-refractivity contribution in [1.82, 2.24) is 14.6 Å². The lowest BCUT2D eigenvalue weighted by Gasteiger charge is -2.43. The van der Waals surface area contributed by atoms with Gasteiger partial charge in [-0.3, -0.25) is 4.79 Å². The standard InChI is InChI=1S/C18H29N3O3S2/c1-26(23,24)20-14-7-9-16(10-8-14)21(15-5-3-2-4-6-15)18(22)13-17-19-11-12-25-17/h11-12,14-16,20H,2-10,13H2,1H3. The Hall–Kier alpha value is -0.990. The molecule has 1 aromatic heterocycles. The molecule has 0 radical (unpaired) electrons. The second-order valence-electron chi connectivity index (χ2n) is 7.59. The number of hydrogen-bond donors (Lipinski definition) is 1. The summed E-state index contributed by atoms with van der Waals surface area (Å²) < 4.78 is 25.7. The first-order valence-electron chi connectivity index (χ1n) is 9.59. The van der Waals surface area contributed by atoms with Gasteiger partial charge in [0.05, 0.1) is 12.7 Å². The predicted molar refractivity (Wildman–Crippen MR) is 104 cm³/mol. The van der Waals surface area contributed by atoms with Gasteiger partial charge < -0.3 is 4.90 Å². The van der Waals surface area contributed by atoms with E-state index in [1.165, 1.54) is 36.9 Å². The molecule has 1 amide bonds. The van der Waals surface area contributed by atoms with E-state index in [4.69, 9.17) is 0 Å². The fraction of sp³-hybridized carbons (Fsp3) is 0.778. The molecule has 0 unspecified atom stereocenters. The minimum atomic E-state index is -3.17. The van der Waals surface area contributed by atoms with Gasteiger partial charge >= 0.3 is 0 Å². The third kappa shape index (κ3) is 5.50. The zero-order valence-corrected chi connectivity index (χ0v) is 17.0. The fourth-order valence-corrected chi connectivity index (χ4v) is 5.85. The quantitative estimate of drug-likeness (QED) is 0.798. The number of rotatable bonds is 6. The number of amides is 1. The number of nitrogens with one attached hydrogen (secondary N) is 1. The van der Waals surface area contributed by atoms with E-state index in [1.807, 2.05) is 5.38 Å². The van der Waals surface area contributed by atoms with Gasteiger partial charge in [0, 0.05) is 29.7 Å². The molecule has 0 aliphatic heterocycles. The van der Waals surface area contributed by atoms with Gasteiger partial charge in [0.15, 0.2) is 0 Å². The largest absolute Gasteiger partial charge is 0.336 e. The first-order valence-corrected chi connectivity index (χ1v) is 12.4. The smallest absolute Gasteiger partial charge is 0.229 e. The highest BCUT2D eigenvalue weighted by atomic mass is 32.2. The minimum absolute atomic E-state index is 0.00326. The van der Waals surface area contributed by atoms with Crippen molar-refractivity contribution < 1.29 is 13.2 Å². The second kappa shape index (κ2) is 8.80. The van der Waals surface area contributed by atoms with E-state index in [9.17, 15) is 13.2 Å². The molecule has 2 saturated carbocycles. The van der Waals surface area contributed by atoms with E-state index in [0.717, 1.165) is 43.5 Å². The van der Waals surface area contributed by atoms with Crippen LogP contribution in [-0.2, 0) is 21.2 Å². The molecule has 2 aliphatic rings. The molecule has 1 heterocycles. The van der Waals surface area contributed by atoms with Crippen LogP contribution in [0.3, 0.4) is 0 Å². The van der Waals surface area contributed by atoms with Crippen LogP contribution in [0.5, 0.6) is 0 Å². The normalized spacial score (nSPS) is 25.1. The summed E-state index contributed by atoms with van der Waals surface area (Å²) in [6, 6.07) is 0.562. The molecule has 2 aliphatic carbocycles. The molecule has 3 rings (SSSR count). The van der Waals surface area contributed by atoms with Gasteiger partial charge in [-0.25, -0.2) is 18.1 Å². The van der Waals surface area contributed by atoms with Gasteiger partial charge in [-0.2, -0.15) is 0 Å². The molecule has 1 aromatic rings. The van der Waals surface area contributed by atoms with Crippen molar-refractivity contribution >= 4 is 27.3 Å². The van der Waals surface area contributed by atoms with Crippen molar-refractivity contribution in [2.75, 3.05) is 6.26 Å². The fourth-order valence-electron chi connectivity index (χ4n) is 4.40. The number of sulfonamides is 1. The van der Waals surface area contributed by atoms with Gasteiger partial charge in [-0.15, -0.1) is 11.3 Å². The van der Waals surface area contributed by atoms with Gasteiger partial charge in [0.25, 0.3) is 0 Å². The average molecular weight is 400 g/mol. The van der Waals surface area contributed by atoms with E-state index in [1.54, 1.807) is 6.20 Å². The summed E-state index contributed by atoms with van der Waals surface area (Å²) in [4.78, 5) is 19.5. The molecule has 6 nitrogen and oxygen atoms in total. The zero-order chi connectivity index (χ0) is 18.6. The molecule has 146 valence electrons. The van der Waals surface area contributed by atoms with E-state index in [0.29, 0.717) is 12.5 Å². The Kier molecular flexibility index (Phi) is 6.69. The Morgan fingerprint density at radius 1 is 1.15 bits per heavy atom. The summed E-state index contributed by atoms with van der Waals surface area (Å²) in [6.45, 7) is 0. The number of hydrogen-bond acceptors (Lipinski definition) is 5. The maximum atomic E-state index is 13.1. The highest BCUT2D eigenvalue weighted by molar-refractivity contribution is 7.88. The van der Waals surface area contributed by atoms with Crippen molar-refractivity contribution in [3.63, 3.8) is 0 Å². The van der Waals surface area contributed by atoms with Crippen LogP contribution in [0.25, 0.3) is 0 Å². The maximum absolute atomic E-state index is 13.1. The minimum Gasteiger partial charge on any atom is -0.336 e. The molecular weight excluding hydrogens is 370 g/mol.